The minimum Gasteiger partial charge on any atom is -0.351 e. The first-order valence-electron chi connectivity index (χ1n) is 3.94. The Morgan fingerprint density at radius 3 is 2.67 bits per heavy atom. The summed E-state index contributed by atoms with van der Waals surface area (Å²) in [5.74, 6) is 0. The molecule has 0 spiro atoms. The van der Waals surface area contributed by atoms with Gasteiger partial charge in [-0.2, -0.15) is 0 Å². The van der Waals surface area contributed by atoms with Crippen molar-refractivity contribution < 1.29 is 9.84 Å². The predicted octanol–water partition coefficient (Wildman–Crippen LogP) is 1.41. The van der Waals surface area contributed by atoms with Crippen molar-refractivity contribution in [2.24, 2.45) is 0 Å². The smallest absolute Gasteiger partial charge is 0.235 e. The van der Waals surface area contributed by atoms with E-state index in [1.165, 1.54) is 0 Å². The molecular formula is C9H13NO2. The monoisotopic (exact) mass is 167 g/mol. The van der Waals surface area contributed by atoms with E-state index in [1.54, 1.807) is 0 Å². The van der Waals surface area contributed by atoms with Crippen LogP contribution in [0.5, 0.6) is 0 Å². The number of hydrogen-bond acceptors (Lipinski definition) is 3. The number of benzene rings is 1. The van der Waals surface area contributed by atoms with Gasteiger partial charge in [-0.25, -0.2) is 0 Å². The largest absolute Gasteiger partial charge is 0.351 e. The Kier molecular flexibility index (Phi) is 3.57. The molecule has 1 unspecified atom stereocenters. The van der Waals surface area contributed by atoms with E-state index in [2.05, 4.69) is 5.32 Å². The summed E-state index contributed by atoms with van der Waals surface area (Å²) in [5.41, 5.74) is 0.846. The van der Waals surface area contributed by atoms with Crippen molar-refractivity contribution in [1.82, 2.24) is 0 Å². The van der Waals surface area contributed by atoms with Crippen LogP contribution in [0, 0.1) is 0 Å². The fourth-order valence-electron chi connectivity index (χ4n) is 0.876. The average molecular weight is 167 g/mol. The number of aliphatic hydroxyl groups is 1. The maximum Gasteiger partial charge on any atom is 0.235 e. The lowest BCUT2D eigenvalue weighted by Crippen LogP contribution is -2.21. The van der Waals surface area contributed by atoms with Gasteiger partial charge in [0.05, 0.1) is 0 Å². The first-order valence-corrected chi connectivity index (χ1v) is 3.94. The number of hydrogen-bond donors (Lipinski definition) is 2. The van der Waals surface area contributed by atoms with E-state index < -0.39 is 6.41 Å². The summed E-state index contributed by atoms with van der Waals surface area (Å²) in [4.78, 5) is 0. The second kappa shape index (κ2) is 4.74. The molecule has 0 aliphatic rings. The molecule has 0 amide bonds. The van der Waals surface area contributed by atoms with Crippen molar-refractivity contribution in [2.75, 3.05) is 11.9 Å². The van der Waals surface area contributed by atoms with Gasteiger partial charge in [-0.1, -0.05) is 18.2 Å². The van der Waals surface area contributed by atoms with E-state index in [4.69, 9.17) is 9.84 Å². The Bertz CT molecular complexity index is 213. The van der Waals surface area contributed by atoms with Crippen molar-refractivity contribution in [3.05, 3.63) is 30.3 Å². The zero-order valence-electron chi connectivity index (χ0n) is 7.03. The zero-order valence-corrected chi connectivity index (χ0v) is 7.03. The van der Waals surface area contributed by atoms with Crippen molar-refractivity contribution in [3.63, 3.8) is 0 Å². The van der Waals surface area contributed by atoms with E-state index in [0.717, 1.165) is 5.69 Å². The number of anilines is 1. The lowest BCUT2D eigenvalue weighted by Gasteiger charge is -2.12. The second-order valence-corrected chi connectivity index (χ2v) is 2.32. The van der Waals surface area contributed by atoms with Crippen molar-refractivity contribution >= 4 is 5.69 Å². The van der Waals surface area contributed by atoms with Crippen molar-refractivity contribution in [3.8, 4) is 0 Å². The molecule has 0 aromatic heterocycles. The van der Waals surface area contributed by atoms with Gasteiger partial charge in [-0.05, 0) is 19.1 Å². The quantitative estimate of drug-likeness (QED) is 0.666. The Labute approximate surface area is 72.0 Å². The highest BCUT2D eigenvalue weighted by Gasteiger charge is 1.99. The van der Waals surface area contributed by atoms with E-state index in [0.29, 0.717) is 6.61 Å². The zero-order chi connectivity index (χ0) is 8.81. The minimum atomic E-state index is -0.919. The molecule has 1 aromatic carbocycles. The van der Waals surface area contributed by atoms with Gasteiger partial charge in [0.1, 0.15) is 0 Å². The van der Waals surface area contributed by atoms with Crippen LogP contribution >= 0.6 is 0 Å². The van der Waals surface area contributed by atoms with Crippen LogP contribution in [0.4, 0.5) is 5.69 Å². The van der Waals surface area contributed by atoms with E-state index in [1.807, 2.05) is 37.3 Å². The van der Waals surface area contributed by atoms with Crippen molar-refractivity contribution in [2.45, 2.75) is 13.3 Å². The Hall–Kier alpha value is -1.06. The van der Waals surface area contributed by atoms with Crippen LogP contribution in [0.1, 0.15) is 6.92 Å². The molecule has 66 valence electrons. The van der Waals surface area contributed by atoms with Gasteiger partial charge in [0.2, 0.25) is 6.41 Å². The first kappa shape index (κ1) is 9.03. The Morgan fingerprint density at radius 1 is 1.42 bits per heavy atom. The number of ether oxygens (including phenoxy) is 1. The third kappa shape index (κ3) is 2.90. The lowest BCUT2D eigenvalue weighted by molar-refractivity contribution is -0.0730. The highest BCUT2D eigenvalue weighted by Crippen LogP contribution is 2.05. The molecule has 0 aliphatic heterocycles. The van der Waals surface area contributed by atoms with E-state index >= 15 is 0 Å². The molecule has 1 atom stereocenters. The van der Waals surface area contributed by atoms with Gasteiger partial charge >= 0.3 is 0 Å². The molecule has 3 nitrogen and oxygen atoms in total. The Morgan fingerprint density at radius 2 is 2.08 bits per heavy atom. The van der Waals surface area contributed by atoms with Crippen LogP contribution in [-0.4, -0.2) is 18.1 Å². The van der Waals surface area contributed by atoms with Crippen LogP contribution in [0.25, 0.3) is 0 Å². The summed E-state index contributed by atoms with van der Waals surface area (Å²) in [7, 11) is 0. The van der Waals surface area contributed by atoms with E-state index in [9.17, 15) is 0 Å². The molecule has 1 rings (SSSR count). The molecule has 0 saturated carbocycles. The SMILES string of the molecule is CCOC(O)Nc1ccccc1. The molecule has 0 aliphatic carbocycles. The number of para-hydroxylation sites is 1. The summed E-state index contributed by atoms with van der Waals surface area (Å²) in [5, 5.41) is 11.9. The molecule has 0 fully saturated rings. The molecule has 0 saturated heterocycles. The lowest BCUT2D eigenvalue weighted by atomic mass is 10.3. The van der Waals surface area contributed by atoms with Crippen molar-refractivity contribution in [1.29, 1.82) is 0 Å². The molecule has 2 N–H and O–H groups in total. The first-order chi connectivity index (χ1) is 5.83. The molecule has 0 radical (unpaired) electrons. The maximum absolute atomic E-state index is 9.17. The van der Waals surface area contributed by atoms with Gasteiger partial charge in [0, 0.05) is 12.3 Å². The molecule has 0 bridgehead atoms. The summed E-state index contributed by atoms with van der Waals surface area (Å²) in [6.45, 7) is 2.32. The minimum absolute atomic E-state index is 0.487. The Balaban J connectivity index is 2.41. The van der Waals surface area contributed by atoms with Crippen LogP contribution in [0.3, 0.4) is 0 Å². The van der Waals surface area contributed by atoms with Crippen LogP contribution in [-0.2, 0) is 4.74 Å². The summed E-state index contributed by atoms with van der Waals surface area (Å²) in [6, 6.07) is 9.42. The van der Waals surface area contributed by atoms with Crippen LogP contribution < -0.4 is 5.32 Å². The van der Waals surface area contributed by atoms with Crippen LogP contribution in [0.15, 0.2) is 30.3 Å². The standard InChI is InChI=1S/C9H13NO2/c1-2-12-9(11)10-8-6-4-3-5-7-8/h3-7,9-11H,2H2,1H3. The second-order valence-electron chi connectivity index (χ2n) is 2.32. The topological polar surface area (TPSA) is 41.5 Å². The number of aliphatic hydroxyl groups excluding tert-OH is 1. The normalized spacial score (nSPS) is 12.5. The number of rotatable bonds is 4. The maximum atomic E-state index is 9.17. The van der Waals surface area contributed by atoms with Gasteiger partial charge in [-0.3, -0.25) is 0 Å². The predicted molar refractivity (Wildman–Crippen MR) is 47.7 cm³/mol. The van der Waals surface area contributed by atoms with Crippen LogP contribution in [0.2, 0.25) is 0 Å². The summed E-state index contributed by atoms with van der Waals surface area (Å²) >= 11 is 0. The molecule has 12 heavy (non-hydrogen) atoms. The number of nitrogens with one attached hydrogen (secondary N) is 1. The summed E-state index contributed by atoms with van der Waals surface area (Å²) < 4.78 is 4.89. The van der Waals surface area contributed by atoms with Gasteiger partial charge in [0.25, 0.3) is 0 Å². The average Bonchev–Trinajstić information content (AvgIpc) is 2.06. The van der Waals surface area contributed by atoms with Gasteiger partial charge in [0.15, 0.2) is 0 Å². The fraction of sp³-hybridized carbons (Fsp3) is 0.333. The highest BCUT2D eigenvalue weighted by atomic mass is 16.6. The molecular weight excluding hydrogens is 154 g/mol. The third-order valence-electron chi connectivity index (χ3n) is 1.39. The molecule has 3 heteroatoms. The third-order valence-corrected chi connectivity index (χ3v) is 1.39. The molecule has 1 aromatic rings. The summed E-state index contributed by atoms with van der Waals surface area (Å²) in [6.07, 6.45) is -0.919. The van der Waals surface area contributed by atoms with Gasteiger partial charge in [-0.15, -0.1) is 0 Å². The van der Waals surface area contributed by atoms with E-state index in [-0.39, 0.29) is 0 Å². The van der Waals surface area contributed by atoms with Gasteiger partial charge < -0.3 is 15.2 Å². The molecule has 0 heterocycles. The highest BCUT2D eigenvalue weighted by molar-refractivity contribution is 5.42. The fourth-order valence-corrected chi connectivity index (χ4v) is 0.876.